The monoisotopic (exact) mass is 264 g/mol. The summed E-state index contributed by atoms with van der Waals surface area (Å²) in [5.74, 6) is 1.22. The predicted octanol–water partition coefficient (Wildman–Crippen LogP) is 4.33. The van der Waals surface area contributed by atoms with Crippen molar-refractivity contribution < 1.29 is 0 Å². The second-order valence-corrected chi connectivity index (χ2v) is 5.05. The molecule has 2 nitrogen and oxygen atoms in total. The summed E-state index contributed by atoms with van der Waals surface area (Å²) in [5.41, 5.74) is 1.95. The summed E-state index contributed by atoms with van der Waals surface area (Å²) in [4.78, 5) is 8.80. The van der Waals surface area contributed by atoms with Crippen LogP contribution in [0.15, 0.2) is 30.3 Å². The fourth-order valence-corrected chi connectivity index (χ4v) is 2.16. The quantitative estimate of drug-likeness (QED) is 0.755. The second-order valence-electron chi connectivity index (χ2n) is 4.22. The van der Waals surface area contributed by atoms with Crippen LogP contribution >= 0.6 is 23.2 Å². The van der Waals surface area contributed by atoms with E-state index in [-0.39, 0.29) is 0 Å². The molecular formula is C13H10Cl2N2. The van der Waals surface area contributed by atoms with Crippen LogP contribution in [0.3, 0.4) is 0 Å². The van der Waals surface area contributed by atoms with Crippen molar-refractivity contribution >= 4 is 23.2 Å². The minimum atomic E-state index is 0.497. The first kappa shape index (κ1) is 11.0. The van der Waals surface area contributed by atoms with E-state index in [1.807, 2.05) is 30.3 Å². The maximum atomic E-state index is 6.03. The summed E-state index contributed by atoms with van der Waals surface area (Å²) in [7, 11) is 0. The summed E-state index contributed by atoms with van der Waals surface area (Å²) in [5, 5.41) is 1.18. The zero-order valence-corrected chi connectivity index (χ0v) is 10.5. The Morgan fingerprint density at radius 2 is 1.88 bits per heavy atom. The van der Waals surface area contributed by atoms with E-state index in [0.29, 0.717) is 21.9 Å². The molecule has 0 bridgehead atoms. The maximum absolute atomic E-state index is 6.03. The summed E-state index contributed by atoms with van der Waals surface area (Å²) in [6.07, 6.45) is 2.39. The molecule has 0 radical (unpaired) electrons. The molecule has 2 aromatic rings. The van der Waals surface area contributed by atoms with Gasteiger partial charge in [0.15, 0.2) is 5.82 Å². The van der Waals surface area contributed by atoms with E-state index < -0.39 is 0 Å². The van der Waals surface area contributed by atoms with Crippen LogP contribution in [-0.4, -0.2) is 9.97 Å². The standard InChI is InChI=1S/C13H10Cl2N2/c14-10-3-1-2-9(6-10)13-16-11(8-4-5-8)7-12(15)17-13/h1-3,6-8H,4-5H2. The van der Waals surface area contributed by atoms with Gasteiger partial charge in [-0.2, -0.15) is 0 Å². The van der Waals surface area contributed by atoms with Crippen molar-refractivity contribution in [2.45, 2.75) is 18.8 Å². The highest BCUT2D eigenvalue weighted by molar-refractivity contribution is 6.31. The lowest BCUT2D eigenvalue weighted by Crippen LogP contribution is -1.94. The van der Waals surface area contributed by atoms with Crippen molar-refractivity contribution in [2.24, 2.45) is 0 Å². The van der Waals surface area contributed by atoms with Crippen LogP contribution in [0.5, 0.6) is 0 Å². The first-order valence-electron chi connectivity index (χ1n) is 5.53. The van der Waals surface area contributed by atoms with E-state index in [2.05, 4.69) is 9.97 Å². The Kier molecular flexibility index (Phi) is 2.77. The minimum Gasteiger partial charge on any atom is -0.233 e. The minimum absolute atomic E-state index is 0.497. The summed E-state index contributed by atoms with van der Waals surface area (Å²) in [6, 6.07) is 9.36. The highest BCUT2D eigenvalue weighted by Crippen LogP contribution is 2.40. The summed E-state index contributed by atoms with van der Waals surface area (Å²) < 4.78 is 0. The normalized spacial score (nSPS) is 14.9. The molecule has 1 saturated carbocycles. The molecule has 3 rings (SSSR count). The third kappa shape index (κ3) is 2.43. The highest BCUT2D eigenvalue weighted by atomic mass is 35.5. The molecule has 1 aliphatic rings. The number of hydrogen-bond donors (Lipinski definition) is 0. The van der Waals surface area contributed by atoms with Crippen LogP contribution < -0.4 is 0 Å². The third-order valence-corrected chi connectivity index (χ3v) is 3.22. The fourth-order valence-electron chi connectivity index (χ4n) is 1.78. The number of nitrogens with zero attached hydrogens (tertiary/aromatic N) is 2. The number of aromatic nitrogens is 2. The molecule has 4 heteroatoms. The lowest BCUT2D eigenvalue weighted by molar-refractivity contribution is 0.994. The number of rotatable bonds is 2. The molecular weight excluding hydrogens is 255 g/mol. The number of halogens is 2. The van der Waals surface area contributed by atoms with E-state index in [0.717, 1.165) is 11.3 Å². The van der Waals surface area contributed by atoms with Gasteiger partial charge in [-0.05, 0) is 31.0 Å². The Morgan fingerprint density at radius 3 is 2.59 bits per heavy atom. The Morgan fingerprint density at radius 1 is 1.06 bits per heavy atom. The topological polar surface area (TPSA) is 25.8 Å². The van der Waals surface area contributed by atoms with Gasteiger partial charge in [0, 0.05) is 22.2 Å². The zero-order chi connectivity index (χ0) is 11.8. The zero-order valence-electron chi connectivity index (χ0n) is 9.03. The average molecular weight is 265 g/mol. The van der Waals surface area contributed by atoms with Crippen LogP contribution in [0.4, 0.5) is 0 Å². The molecule has 0 N–H and O–H groups in total. The molecule has 17 heavy (non-hydrogen) atoms. The molecule has 0 spiro atoms. The summed E-state index contributed by atoms with van der Waals surface area (Å²) >= 11 is 12.0. The molecule has 1 aliphatic carbocycles. The van der Waals surface area contributed by atoms with Gasteiger partial charge in [-0.25, -0.2) is 9.97 Å². The Bertz CT molecular complexity index is 565. The lowest BCUT2D eigenvalue weighted by Gasteiger charge is -2.04. The van der Waals surface area contributed by atoms with Gasteiger partial charge in [-0.15, -0.1) is 0 Å². The fraction of sp³-hybridized carbons (Fsp3) is 0.231. The van der Waals surface area contributed by atoms with E-state index in [1.54, 1.807) is 0 Å². The van der Waals surface area contributed by atoms with Crippen molar-refractivity contribution in [3.8, 4) is 11.4 Å². The van der Waals surface area contributed by atoms with Crippen LogP contribution in [0.25, 0.3) is 11.4 Å². The first-order chi connectivity index (χ1) is 8.22. The Hall–Kier alpha value is -1.12. The molecule has 0 atom stereocenters. The molecule has 0 amide bonds. The molecule has 0 saturated heterocycles. The molecule has 1 heterocycles. The number of benzene rings is 1. The van der Waals surface area contributed by atoms with Crippen molar-refractivity contribution in [1.29, 1.82) is 0 Å². The van der Waals surface area contributed by atoms with Gasteiger partial charge in [-0.1, -0.05) is 35.3 Å². The molecule has 1 aromatic carbocycles. The third-order valence-electron chi connectivity index (χ3n) is 2.79. The van der Waals surface area contributed by atoms with E-state index in [4.69, 9.17) is 23.2 Å². The molecule has 86 valence electrons. The van der Waals surface area contributed by atoms with Crippen molar-refractivity contribution in [3.05, 3.63) is 46.2 Å². The maximum Gasteiger partial charge on any atom is 0.161 e. The lowest BCUT2D eigenvalue weighted by atomic mass is 10.2. The summed E-state index contributed by atoms with van der Waals surface area (Å²) in [6.45, 7) is 0. The van der Waals surface area contributed by atoms with Gasteiger partial charge in [0.25, 0.3) is 0 Å². The van der Waals surface area contributed by atoms with E-state index in [9.17, 15) is 0 Å². The van der Waals surface area contributed by atoms with Crippen molar-refractivity contribution in [2.75, 3.05) is 0 Å². The van der Waals surface area contributed by atoms with Crippen molar-refractivity contribution in [1.82, 2.24) is 9.97 Å². The molecule has 0 unspecified atom stereocenters. The van der Waals surface area contributed by atoms with Crippen LogP contribution in [-0.2, 0) is 0 Å². The second kappa shape index (κ2) is 4.28. The predicted molar refractivity (Wildman–Crippen MR) is 69.5 cm³/mol. The smallest absolute Gasteiger partial charge is 0.161 e. The first-order valence-corrected chi connectivity index (χ1v) is 6.28. The van der Waals surface area contributed by atoms with Gasteiger partial charge in [0.2, 0.25) is 0 Å². The number of hydrogen-bond acceptors (Lipinski definition) is 2. The van der Waals surface area contributed by atoms with E-state index >= 15 is 0 Å². The average Bonchev–Trinajstić information content (AvgIpc) is 3.12. The van der Waals surface area contributed by atoms with Gasteiger partial charge >= 0.3 is 0 Å². The van der Waals surface area contributed by atoms with Crippen molar-refractivity contribution in [3.63, 3.8) is 0 Å². The van der Waals surface area contributed by atoms with Crippen LogP contribution in [0, 0.1) is 0 Å². The Labute approximate surface area is 110 Å². The van der Waals surface area contributed by atoms with Gasteiger partial charge in [-0.3, -0.25) is 0 Å². The van der Waals surface area contributed by atoms with E-state index in [1.165, 1.54) is 12.8 Å². The van der Waals surface area contributed by atoms with Gasteiger partial charge in [0.1, 0.15) is 5.15 Å². The molecule has 1 aromatic heterocycles. The van der Waals surface area contributed by atoms with Crippen LogP contribution in [0.1, 0.15) is 24.5 Å². The highest BCUT2D eigenvalue weighted by Gasteiger charge is 2.26. The Balaban J connectivity index is 2.07. The molecule has 0 aliphatic heterocycles. The SMILES string of the molecule is Clc1cccc(-c2nc(Cl)cc(C3CC3)n2)c1. The largest absolute Gasteiger partial charge is 0.233 e. The van der Waals surface area contributed by atoms with Gasteiger partial charge < -0.3 is 0 Å². The van der Waals surface area contributed by atoms with Gasteiger partial charge in [0.05, 0.1) is 0 Å². The van der Waals surface area contributed by atoms with Crippen LogP contribution in [0.2, 0.25) is 10.2 Å². The molecule has 1 fully saturated rings.